The largest absolute Gasteiger partial charge is 0.454 e. The predicted molar refractivity (Wildman–Crippen MR) is 109 cm³/mol. The van der Waals surface area contributed by atoms with E-state index in [-0.39, 0.29) is 17.3 Å². The Kier molecular flexibility index (Phi) is 5.44. The van der Waals surface area contributed by atoms with Crippen LogP contribution in [0.2, 0.25) is 5.15 Å². The van der Waals surface area contributed by atoms with Crippen LogP contribution in [-0.4, -0.2) is 20.9 Å². The third kappa shape index (κ3) is 4.22. The summed E-state index contributed by atoms with van der Waals surface area (Å²) < 4.78 is 12.2. The third-order valence-corrected chi connectivity index (χ3v) is 4.80. The van der Waals surface area contributed by atoms with Crippen LogP contribution >= 0.6 is 11.6 Å². The molecular weight excluding hydrogens is 390 g/mol. The van der Waals surface area contributed by atoms with Crippen LogP contribution in [0.15, 0.2) is 71.3 Å². The Morgan fingerprint density at radius 1 is 1.10 bits per heavy atom. The molecule has 0 radical (unpaired) electrons. The lowest BCUT2D eigenvalue weighted by molar-refractivity contribution is 0.0436. The van der Waals surface area contributed by atoms with Gasteiger partial charge in [0.25, 0.3) is 0 Å². The van der Waals surface area contributed by atoms with E-state index < -0.39 is 5.97 Å². The number of halogens is 1. The summed E-state index contributed by atoms with van der Waals surface area (Å²) in [5, 5.41) is 8.64. The van der Waals surface area contributed by atoms with Crippen LogP contribution in [0.3, 0.4) is 0 Å². The molecule has 0 fully saturated rings. The molecule has 7 heteroatoms. The number of aryl methyl sites for hydroxylation is 1. The first-order valence-electron chi connectivity index (χ1n) is 9.07. The molecule has 4 aromatic rings. The molecule has 146 valence electrons. The van der Waals surface area contributed by atoms with Crippen molar-refractivity contribution in [1.29, 1.82) is 0 Å². The smallest absolute Gasteiger partial charge is 0.343 e. The lowest BCUT2D eigenvalue weighted by atomic mass is 10.1. The number of aromatic nitrogens is 3. The average molecular weight is 408 g/mol. The molecule has 2 aromatic carbocycles. The summed E-state index contributed by atoms with van der Waals surface area (Å²) in [5.74, 6) is -0.105. The zero-order chi connectivity index (χ0) is 20.2. The summed E-state index contributed by atoms with van der Waals surface area (Å²) in [5.41, 5.74) is 3.41. The molecule has 0 aliphatic rings. The van der Waals surface area contributed by atoms with E-state index in [2.05, 4.69) is 10.3 Å². The molecule has 0 amide bonds. The predicted octanol–water partition coefficient (Wildman–Crippen LogP) is 4.91. The maximum atomic E-state index is 12.6. The molecule has 6 nitrogen and oxygen atoms in total. The van der Waals surface area contributed by atoms with Crippen molar-refractivity contribution in [2.45, 2.75) is 20.1 Å². The molecule has 0 bridgehead atoms. The van der Waals surface area contributed by atoms with Gasteiger partial charge in [-0.3, -0.25) is 0 Å². The van der Waals surface area contributed by atoms with Gasteiger partial charge in [0.1, 0.15) is 16.4 Å². The van der Waals surface area contributed by atoms with E-state index in [1.165, 1.54) is 0 Å². The van der Waals surface area contributed by atoms with Crippen LogP contribution in [0.25, 0.3) is 11.3 Å². The minimum atomic E-state index is -0.551. The van der Waals surface area contributed by atoms with Crippen molar-refractivity contribution >= 4 is 17.6 Å². The summed E-state index contributed by atoms with van der Waals surface area (Å²) in [4.78, 5) is 12.6. The van der Waals surface area contributed by atoms with Gasteiger partial charge < -0.3 is 9.26 Å². The molecular formula is C22H18ClN3O3. The normalized spacial score (nSPS) is 10.8. The zero-order valence-electron chi connectivity index (χ0n) is 15.7. The lowest BCUT2D eigenvalue weighted by Gasteiger charge is -2.04. The van der Waals surface area contributed by atoms with Gasteiger partial charge in [0, 0.05) is 11.6 Å². The minimum Gasteiger partial charge on any atom is -0.454 e. The summed E-state index contributed by atoms with van der Waals surface area (Å²) in [6, 6.07) is 21.1. The van der Waals surface area contributed by atoms with E-state index in [9.17, 15) is 4.79 Å². The van der Waals surface area contributed by atoms with Gasteiger partial charge in [-0.15, -0.1) is 0 Å². The molecule has 2 aromatic heterocycles. The molecule has 0 aliphatic heterocycles. The highest BCUT2D eigenvalue weighted by Crippen LogP contribution is 2.23. The number of ether oxygens (including phenoxy) is 1. The third-order valence-electron chi connectivity index (χ3n) is 4.42. The quantitative estimate of drug-likeness (QED) is 0.425. The van der Waals surface area contributed by atoms with Gasteiger partial charge >= 0.3 is 5.97 Å². The minimum absolute atomic E-state index is 0.0434. The van der Waals surface area contributed by atoms with E-state index in [0.29, 0.717) is 23.7 Å². The van der Waals surface area contributed by atoms with Crippen molar-refractivity contribution < 1.29 is 14.1 Å². The molecule has 0 saturated carbocycles. The second-order valence-corrected chi connectivity index (χ2v) is 6.87. The van der Waals surface area contributed by atoms with E-state index >= 15 is 0 Å². The molecule has 0 spiro atoms. The van der Waals surface area contributed by atoms with E-state index in [4.69, 9.17) is 20.9 Å². The van der Waals surface area contributed by atoms with E-state index in [1.807, 2.05) is 60.7 Å². The van der Waals surface area contributed by atoms with E-state index in [1.54, 1.807) is 17.7 Å². The first-order chi connectivity index (χ1) is 14.1. The first-order valence-corrected chi connectivity index (χ1v) is 9.44. The van der Waals surface area contributed by atoms with Gasteiger partial charge in [-0.25, -0.2) is 9.48 Å². The maximum Gasteiger partial charge on any atom is 0.343 e. The fourth-order valence-corrected chi connectivity index (χ4v) is 3.29. The van der Waals surface area contributed by atoms with Crippen LogP contribution < -0.4 is 0 Å². The van der Waals surface area contributed by atoms with Gasteiger partial charge in [0.15, 0.2) is 12.4 Å². The van der Waals surface area contributed by atoms with Crippen molar-refractivity contribution in [2.75, 3.05) is 0 Å². The van der Waals surface area contributed by atoms with Crippen LogP contribution in [-0.2, 0) is 17.9 Å². The van der Waals surface area contributed by atoms with Crippen LogP contribution in [0, 0.1) is 6.92 Å². The molecule has 0 atom stereocenters. The number of hydrogen-bond acceptors (Lipinski definition) is 5. The Balaban J connectivity index is 1.45. The molecule has 0 saturated heterocycles. The Hall–Kier alpha value is -3.38. The summed E-state index contributed by atoms with van der Waals surface area (Å²) in [6.07, 6.45) is 0. The Labute approximate surface area is 172 Å². The number of benzene rings is 2. The topological polar surface area (TPSA) is 70.2 Å². The standard InChI is InChI=1S/C22H18ClN3O3/c1-15-20(21(23)26(24-15)13-16-8-4-2-5-9-16)22(27)28-14-18-12-19(25-29-18)17-10-6-3-7-11-17/h2-12H,13-14H2,1H3. The highest BCUT2D eigenvalue weighted by atomic mass is 35.5. The monoisotopic (exact) mass is 407 g/mol. The first kappa shape index (κ1) is 19.0. The number of carbonyl (C=O) groups excluding carboxylic acids is 1. The van der Waals surface area contributed by atoms with Gasteiger partial charge in [0.2, 0.25) is 0 Å². The fourth-order valence-electron chi connectivity index (χ4n) is 2.98. The van der Waals surface area contributed by atoms with E-state index in [0.717, 1.165) is 11.1 Å². The Bertz CT molecular complexity index is 1120. The number of esters is 1. The molecule has 0 unspecified atom stereocenters. The molecule has 29 heavy (non-hydrogen) atoms. The van der Waals surface area contributed by atoms with Crippen molar-refractivity contribution in [3.05, 3.63) is 94.5 Å². The van der Waals surface area contributed by atoms with Crippen molar-refractivity contribution in [3.8, 4) is 11.3 Å². The van der Waals surface area contributed by atoms with Gasteiger partial charge in [-0.1, -0.05) is 77.4 Å². The Morgan fingerprint density at radius 3 is 2.52 bits per heavy atom. The van der Waals surface area contributed by atoms with Gasteiger partial charge in [-0.2, -0.15) is 5.10 Å². The number of nitrogens with zero attached hydrogens (tertiary/aromatic N) is 3. The maximum absolute atomic E-state index is 12.6. The number of hydrogen-bond donors (Lipinski definition) is 0. The van der Waals surface area contributed by atoms with Crippen molar-refractivity contribution in [1.82, 2.24) is 14.9 Å². The molecule has 2 heterocycles. The fraction of sp³-hybridized carbons (Fsp3) is 0.136. The van der Waals surface area contributed by atoms with Crippen LogP contribution in [0.5, 0.6) is 0 Å². The highest BCUT2D eigenvalue weighted by Gasteiger charge is 2.22. The number of rotatable bonds is 6. The Morgan fingerprint density at radius 2 is 1.79 bits per heavy atom. The van der Waals surface area contributed by atoms with Crippen LogP contribution in [0.4, 0.5) is 0 Å². The highest BCUT2D eigenvalue weighted by molar-refractivity contribution is 6.32. The average Bonchev–Trinajstić information content (AvgIpc) is 3.32. The summed E-state index contributed by atoms with van der Waals surface area (Å²) >= 11 is 6.40. The molecule has 0 N–H and O–H groups in total. The second kappa shape index (κ2) is 8.32. The summed E-state index contributed by atoms with van der Waals surface area (Å²) in [6.45, 7) is 2.15. The van der Waals surface area contributed by atoms with Crippen LogP contribution in [0.1, 0.15) is 27.4 Å². The van der Waals surface area contributed by atoms with Crippen molar-refractivity contribution in [2.24, 2.45) is 0 Å². The number of carbonyl (C=O) groups is 1. The summed E-state index contributed by atoms with van der Waals surface area (Å²) in [7, 11) is 0. The van der Waals surface area contributed by atoms with Crippen molar-refractivity contribution in [3.63, 3.8) is 0 Å². The lowest BCUT2D eigenvalue weighted by Crippen LogP contribution is -2.07. The molecule has 0 aliphatic carbocycles. The van der Waals surface area contributed by atoms with Gasteiger partial charge in [0.05, 0.1) is 12.2 Å². The molecule has 4 rings (SSSR count). The zero-order valence-corrected chi connectivity index (χ0v) is 16.5. The van der Waals surface area contributed by atoms with Gasteiger partial charge in [-0.05, 0) is 12.5 Å². The second-order valence-electron chi connectivity index (χ2n) is 6.52. The SMILES string of the molecule is Cc1nn(Cc2ccccc2)c(Cl)c1C(=O)OCc1cc(-c2ccccc2)no1.